The predicted octanol–water partition coefficient (Wildman–Crippen LogP) is 11.2. The second-order valence-electron chi connectivity index (χ2n) is 16.5. The first kappa shape index (κ1) is 54.5. The van der Waals surface area contributed by atoms with Crippen molar-refractivity contribution in [3.8, 4) is 0 Å². The molecule has 0 aliphatic heterocycles. The Morgan fingerprint density at radius 3 is 1.22 bits per heavy atom. The van der Waals surface area contributed by atoms with Crippen molar-refractivity contribution in [1.29, 1.82) is 0 Å². The summed E-state index contributed by atoms with van der Waals surface area (Å²) in [4.78, 5) is 21.5. The number of carbonyl (C=O) groups is 1. The summed E-state index contributed by atoms with van der Waals surface area (Å²) in [6, 6.07) is -0.726. The summed E-state index contributed by atoms with van der Waals surface area (Å²) in [5.41, 5.74) is 6.67. The van der Waals surface area contributed by atoms with Crippen molar-refractivity contribution < 1.29 is 28.5 Å². The van der Waals surface area contributed by atoms with E-state index < -0.39 is 12.0 Å². The van der Waals surface area contributed by atoms with Crippen LogP contribution in [0.2, 0.25) is 0 Å². The zero-order valence-corrected chi connectivity index (χ0v) is 38.1. The van der Waals surface area contributed by atoms with Gasteiger partial charge in [-0.25, -0.2) is 4.98 Å². The average molecular weight is 823 g/mol. The van der Waals surface area contributed by atoms with Crippen LogP contribution in [0.15, 0.2) is 12.5 Å². The minimum absolute atomic E-state index is 0.162. The summed E-state index contributed by atoms with van der Waals surface area (Å²) in [6.45, 7) is 12.3. The van der Waals surface area contributed by atoms with Gasteiger partial charge in [0.2, 0.25) is 0 Å². The molecule has 0 saturated heterocycles. The van der Waals surface area contributed by atoms with E-state index in [0.29, 0.717) is 52.7 Å². The Morgan fingerprint density at radius 1 is 0.517 bits per heavy atom. The van der Waals surface area contributed by atoms with Crippen molar-refractivity contribution in [2.75, 3.05) is 79.1 Å². The van der Waals surface area contributed by atoms with E-state index in [-0.39, 0.29) is 6.61 Å². The molecule has 1 rings (SSSR count). The molecule has 0 aromatic carbocycles. The molecule has 342 valence electrons. The molecule has 1 atom stereocenters. The lowest BCUT2D eigenvalue weighted by atomic mass is 10.0. The van der Waals surface area contributed by atoms with E-state index in [1.54, 1.807) is 12.5 Å². The summed E-state index contributed by atoms with van der Waals surface area (Å²) in [5.74, 6) is -0.451. The van der Waals surface area contributed by atoms with Crippen molar-refractivity contribution in [3.63, 3.8) is 0 Å². The van der Waals surface area contributed by atoms with Crippen LogP contribution >= 0.6 is 0 Å². The number of ether oxygens (including phenoxy) is 5. The highest BCUT2D eigenvalue weighted by molar-refractivity contribution is 5.75. The molecular formula is C48H94N4O6. The Bertz CT molecular complexity index is 907. The minimum atomic E-state index is -0.726. The normalized spacial score (nSPS) is 12.2. The van der Waals surface area contributed by atoms with Crippen LogP contribution < -0.4 is 5.73 Å². The number of imidazole rings is 1. The molecule has 10 nitrogen and oxygen atoms in total. The fourth-order valence-corrected chi connectivity index (χ4v) is 7.38. The van der Waals surface area contributed by atoms with Gasteiger partial charge < -0.3 is 39.3 Å². The summed E-state index contributed by atoms with van der Waals surface area (Å²) in [7, 11) is 0. The van der Waals surface area contributed by atoms with Crippen LogP contribution in [-0.2, 0) is 34.9 Å². The highest BCUT2D eigenvalue weighted by Crippen LogP contribution is 2.15. The van der Waals surface area contributed by atoms with Gasteiger partial charge in [0.05, 0.1) is 59.2 Å². The van der Waals surface area contributed by atoms with E-state index >= 15 is 0 Å². The Morgan fingerprint density at radius 2 is 0.862 bits per heavy atom. The molecule has 0 radical (unpaired) electrons. The maximum Gasteiger partial charge on any atom is 0.323 e. The van der Waals surface area contributed by atoms with Crippen LogP contribution in [0.25, 0.3) is 0 Å². The SMILES string of the molecule is CCCCCCCCCCCCCCCCN(CCCCCCCCCCCCCCCC)CCOCCOCCOCCOCCOC(=O)C(N)Cc1cnc[nH]1. The van der Waals surface area contributed by atoms with Crippen LogP contribution in [-0.4, -0.2) is 106 Å². The quantitative estimate of drug-likeness (QED) is 0.0489. The number of unbranched alkanes of at least 4 members (excludes halogenated alkanes) is 26. The van der Waals surface area contributed by atoms with E-state index in [4.69, 9.17) is 29.4 Å². The first-order valence-corrected chi connectivity index (χ1v) is 24.6. The Hall–Kier alpha value is -1.56. The number of hydrogen-bond acceptors (Lipinski definition) is 9. The van der Waals surface area contributed by atoms with Gasteiger partial charge in [0, 0.05) is 24.9 Å². The molecule has 0 amide bonds. The van der Waals surface area contributed by atoms with Gasteiger partial charge in [-0.15, -0.1) is 0 Å². The highest BCUT2D eigenvalue weighted by atomic mass is 16.6. The van der Waals surface area contributed by atoms with E-state index in [1.807, 2.05) is 0 Å². The molecule has 0 spiro atoms. The standard InChI is InChI=1S/C48H94N4O6/c1-3-5-7-9-11-13-15-17-19-21-23-25-27-29-31-52(32-30-28-26-24-22-20-18-16-14-12-10-8-6-4-2)33-34-54-35-36-55-37-38-56-39-40-57-41-42-58-48(53)47(49)43-46-44-50-45-51-46/h44-45,47H,3-43,49H2,1-2H3,(H,50,51). The number of nitrogens with one attached hydrogen (secondary N) is 1. The molecule has 10 heteroatoms. The topological polar surface area (TPSA) is 121 Å². The number of rotatable bonds is 48. The van der Waals surface area contributed by atoms with E-state index in [0.717, 1.165) is 18.8 Å². The van der Waals surface area contributed by atoms with Gasteiger partial charge in [-0.05, 0) is 25.9 Å². The number of aromatic amines is 1. The fraction of sp³-hybridized carbons (Fsp3) is 0.917. The third-order valence-corrected chi connectivity index (χ3v) is 11.1. The third kappa shape index (κ3) is 38.6. The lowest BCUT2D eigenvalue weighted by Crippen LogP contribution is -2.35. The summed E-state index contributed by atoms with van der Waals surface area (Å²) in [6.07, 6.45) is 42.9. The fourth-order valence-electron chi connectivity index (χ4n) is 7.38. The number of H-pyrrole nitrogens is 1. The second kappa shape index (κ2) is 45.0. The summed E-state index contributed by atoms with van der Waals surface area (Å²) < 4.78 is 27.9. The monoisotopic (exact) mass is 823 g/mol. The highest BCUT2D eigenvalue weighted by Gasteiger charge is 2.16. The lowest BCUT2D eigenvalue weighted by molar-refractivity contribution is -0.146. The molecule has 0 saturated carbocycles. The number of esters is 1. The van der Waals surface area contributed by atoms with Crippen molar-refractivity contribution in [2.24, 2.45) is 5.73 Å². The molecule has 0 aliphatic rings. The number of nitrogens with two attached hydrogens (primary N) is 1. The van der Waals surface area contributed by atoms with Crippen LogP contribution in [0.5, 0.6) is 0 Å². The Labute approximate surface area is 357 Å². The molecule has 1 aromatic heterocycles. The number of nitrogens with zero attached hydrogens (tertiary/aromatic N) is 2. The van der Waals surface area contributed by atoms with Crippen molar-refractivity contribution in [3.05, 3.63) is 18.2 Å². The number of aromatic nitrogens is 2. The first-order chi connectivity index (χ1) is 28.7. The number of carbonyl (C=O) groups excluding carboxylic acids is 1. The molecule has 1 unspecified atom stereocenters. The molecule has 0 fully saturated rings. The molecule has 58 heavy (non-hydrogen) atoms. The van der Waals surface area contributed by atoms with Crippen LogP contribution in [0.3, 0.4) is 0 Å². The summed E-state index contributed by atoms with van der Waals surface area (Å²) in [5, 5.41) is 0. The van der Waals surface area contributed by atoms with E-state index in [2.05, 4.69) is 28.7 Å². The van der Waals surface area contributed by atoms with Crippen LogP contribution in [0.1, 0.15) is 199 Å². The predicted molar refractivity (Wildman–Crippen MR) is 242 cm³/mol. The lowest BCUT2D eigenvalue weighted by Gasteiger charge is -2.22. The van der Waals surface area contributed by atoms with Gasteiger partial charge in [0.15, 0.2) is 0 Å². The van der Waals surface area contributed by atoms with Crippen molar-refractivity contribution in [2.45, 2.75) is 206 Å². The van der Waals surface area contributed by atoms with E-state index in [1.165, 1.54) is 193 Å². The molecule has 0 aliphatic carbocycles. The zero-order valence-electron chi connectivity index (χ0n) is 38.1. The second-order valence-corrected chi connectivity index (χ2v) is 16.5. The summed E-state index contributed by atoms with van der Waals surface area (Å²) >= 11 is 0. The minimum Gasteiger partial charge on any atom is -0.462 e. The molecule has 1 aromatic rings. The van der Waals surface area contributed by atoms with Gasteiger partial charge in [-0.2, -0.15) is 0 Å². The smallest absolute Gasteiger partial charge is 0.323 e. The average Bonchev–Trinajstić information content (AvgIpc) is 3.75. The Balaban J connectivity index is 2.07. The van der Waals surface area contributed by atoms with Gasteiger partial charge in [-0.3, -0.25) is 4.79 Å². The largest absolute Gasteiger partial charge is 0.462 e. The van der Waals surface area contributed by atoms with Gasteiger partial charge >= 0.3 is 5.97 Å². The maximum atomic E-state index is 12.0. The third-order valence-electron chi connectivity index (χ3n) is 11.1. The van der Waals surface area contributed by atoms with Gasteiger partial charge in [0.1, 0.15) is 12.6 Å². The van der Waals surface area contributed by atoms with Crippen LogP contribution in [0.4, 0.5) is 0 Å². The molecule has 3 N–H and O–H groups in total. The molecular weight excluding hydrogens is 729 g/mol. The first-order valence-electron chi connectivity index (χ1n) is 24.6. The number of hydrogen-bond donors (Lipinski definition) is 2. The molecule has 0 bridgehead atoms. The Kier molecular flexibility index (Phi) is 42.2. The molecule has 1 heterocycles. The van der Waals surface area contributed by atoms with Gasteiger partial charge in [-0.1, -0.05) is 181 Å². The maximum absolute atomic E-state index is 12.0. The zero-order chi connectivity index (χ0) is 41.7. The van der Waals surface area contributed by atoms with E-state index in [9.17, 15) is 4.79 Å². The van der Waals surface area contributed by atoms with Crippen LogP contribution in [0, 0.1) is 0 Å². The van der Waals surface area contributed by atoms with Crippen molar-refractivity contribution in [1.82, 2.24) is 14.9 Å². The van der Waals surface area contributed by atoms with Gasteiger partial charge in [0.25, 0.3) is 0 Å². The van der Waals surface area contributed by atoms with Crippen molar-refractivity contribution >= 4 is 5.97 Å².